The second-order valence-electron chi connectivity index (χ2n) is 18.4. The van der Waals surface area contributed by atoms with Crippen LogP contribution in [0.4, 0.5) is 26.3 Å². The number of carbonyl (C=O) groups is 2. The molecule has 8 rings (SSSR count). The number of halogens is 6. The van der Waals surface area contributed by atoms with Crippen LogP contribution in [0, 0.1) is 13.8 Å². The number of aliphatic hydroxyl groups is 1. The van der Waals surface area contributed by atoms with Crippen LogP contribution in [0.2, 0.25) is 0 Å². The predicted molar refractivity (Wildman–Crippen MR) is 263 cm³/mol. The van der Waals surface area contributed by atoms with Crippen LogP contribution in [0.3, 0.4) is 0 Å². The fourth-order valence-corrected chi connectivity index (χ4v) is 9.01. The molecule has 78 heavy (non-hydrogen) atoms. The molecule has 0 spiro atoms. The lowest BCUT2D eigenvalue weighted by Crippen LogP contribution is -2.28. The van der Waals surface area contributed by atoms with Gasteiger partial charge in [0.15, 0.2) is 25.3 Å². The summed E-state index contributed by atoms with van der Waals surface area (Å²) in [7, 11) is 1.52. The third kappa shape index (κ3) is 17.2. The van der Waals surface area contributed by atoms with Crippen LogP contribution in [0.5, 0.6) is 34.6 Å². The first kappa shape index (κ1) is 58.1. The molecule has 2 aliphatic carbocycles. The maximum absolute atomic E-state index is 12.7. The van der Waals surface area contributed by atoms with Crippen LogP contribution in [0.15, 0.2) is 85.1 Å². The summed E-state index contributed by atoms with van der Waals surface area (Å²) >= 11 is 0. The molecule has 2 aliphatic rings. The van der Waals surface area contributed by atoms with Crippen molar-refractivity contribution < 1.29 is 89.1 Å². The second-order valence-corrected chi connectivity index (χ2v) is 18.4. The Morgan fingerprint density at radius 2 is 1.15 bits per heavy atom. The molecule has 3 N–H and O–H groups in total. The van der Waals surface area contributed by atoms with Gasteiger partial charge in [-0.1, -0.05) is 0 Å². The van der Waals surface area contributed by atoms with Crippen LogP contribution >= 0.6 is 0 Å². The highest BCUT2D eigenvalue weighted by atomic mass is 19.4. The number of nitrogens with zero attached hydrogens (tertiary/aromatic N) is 6. The summed E-state index contributed by atoms with van der Waals surface area (Å²) in [5, 5.41) is 36.4. The predicted octanol–water partition coefficient (Wildman–Crippen LogP) is 10.1. The lowest BCUT2D eigenvalue weighted by Gasteiger charge is -2.29. The highest BCUT2D eigenvalue weighted by Gasteiger charge is 2.38. The molecule has 25 heteroatoms. The van der Waals surface area contributed by atoms with Crippen molar-refractivity contribution in [2.45, 2.75) is 128 Å². The summed E-state index contributed by atoms with van der Waals surface area (Å²) in [5.41, 5.74) is 4.25. The molecular weight excluding hydrogens is 1040 g/mol. The van der Waals surface area contributed by atoms with Crippen LogP contribution in [0.25, 0.3) is 11.4 Å². The Bertz CT molecular complexity index is 2920. The molecule has 19 nitrogen and oxygen atoms in total. The SMILES string of the molecule is COc1ccc(-n2nc(COc3ccc(OCC(=O)O)c(C)c3)cc2C2CCC(OC(F)(F)F)CC2)cn1.Cc1cc(OCc2nc(C3CCC(OC(F)(F)F)CC3)n(-c3ccc(OC(C)O)cc3)n2)ccc1OCC(=O)O. The lowest BCUT2D eigenvalue weighted by molar-refractivity contribution is -0.346. The monoisotopic (exact) mass is 1100 g/mol. The van der Waals surface area contributed by atoms with Gasteiger partial charge in [0, 0.05) is 23.6 Å². The van der Waals surface area contributed by atoms with E-state index < -0.39 is 56.4 Å². The molecule has 1 atom stereocenters. The smallest absolute Gasteiger partial charge is 0.487 e. The highest BCUT2D eigenvalue weighted by molar-refractivity contribution is 5.69. The Hall–Kier alpha value is -7.64. The van der Waals surface area contributed by atoms with E-state index in [1.165, 1.54) is 14.0 Å². The number of carboxylic acid groups (broad SMARTS) is 2. The van der Waals surface area contributed by atoms with E-state index in [2.05, 4.69) is 24.5 Å². The van der Waals surface area contributed by atoms with E-state index in [0.29, 0.717) is 94.6 Å². The maximum atomic E-state index is 12.7. The number of rotatable bonds is 21. The third-order valence-corrected chi connectivity index (χ3v) is 12.5. The molecule has 2 saturated carbocycles. The van der Waals surface area contributed by atoms with Crippen molar-refractivity contribution in [1.29, 1.82) is 0 Å². The Labute approximate surface area is 443 Å². The first-order valence-electron chi connectivity index (χ1n) is 24.7. The van der Waals surface area contributed by atoms with Gasteiger partial charge in [-0.15, -0.1) is 31.4 Å². The molecule has 0 saturated heterocycles. The molecule has 3 aromatic heterocycles. The zero-order chi connectivity index (χ0) is 56.1. The Morgan fingerprint density at radius 3 is 1.63 bits per heavy atom. The second kappa shape index (κ2) is 26.1. The van der Waals surface area contributed by atoms with Gasteiger partial charge in [-0.3, -0.25) is 9.47 Å². The van der Waals surface area contributed by atoms with Crippen molar-refractivity contribution >= 4 is 11.9 Å². The first-order valence-corrected chi connectivity index (χ1v) is 24.7. The molecule has 3 aromatic carbocycles. The number of aromatic nitrogens is 6. The molecule has 0 radical (unpaired) electrons. The molecule has 2 fully saturated rings. The van der Waals surface area contributed by atoms with Crippen LogP contribution < -0.4 is 28.4 Å². The van der Waals surface area contributed by atoms with Crippen molar-refractivity contribution in [3.8, 4) is 46.0 Å². The summed E-state index contributed by atoms with van der Waals surface area (Å²) in [6.07, 6.45) is -7.43. The highest BCUT2D eigenvalue weighted by Crippen LogP contribution is 2.39. The van der Waals surface area contributed by atoms with Gasteiger partial charge in [-0.2, -0.15) is 5.10 Å². The summed E-state index contributed by atoms with van der Waals surface area (Å²) in [4.78, 5) is 30.4. The molecular formula is C53H58F6N6O13. The van der Waals surface area contributed by atoms with E-state index in [9.17, 15) is 41.0 Å². The quantitative estimate of drug-likeness (QED) is 0.0449. The van der Waals surface area contributed by atoms with Gasteiger partial charge in [0.1, 0.15) is 53.5 Å². The summed E-state index contributed by atoms with van der Waals surface area (Å²) in [5.74, 6) is 1.50. The van der Waals surface area contributed by atoms with Crippen molar-refractivity contribution in [3.05, 3.63) is 119 Å². The number of pyridine rings is 1. The van der Waals surface area contributed by atoms with Gasteiger partial charge >= 0.3 is 24.7 Å². The van der Waals surface area contributed by atoms with Gasteiger partial charge in [0.2, 0.25) is 5.88 Å². The molecule has 0 aliphatic heterocycles. The molecule has 420 valence electrons. The van der Waals surface area contributed by atoms with Crippen molar-refractivity contribution in [2.75, 3.05) is 20.3 Å². The molecule has 0 amide bonds. The Kier molecular flexibility index (Phi) is 19.5. The Morgan fingerprint density at radius 1 is 0.641 bits per heavy atom. The number of aryl methyl sites for hydroxylation is 2. The maximum Gasteiger partial charge on any atom is 0.522 e. The zero-order valence-electron chi connectivity index (χ0n) is 42.8. The zero-order valence-corrected chi connectivity index (χ0v) is 42.8. The lowest BCUT2D eigenvalue weighted by atomic mass is 9.85. The number of hydrogen-bond donors (Lipinski definition) is 3. The van der Waals surface area contributed by atoms with E-state index in [0.717, 1.165) is 11.3 Å². The van der Waals surface area contributed by atoms with Gasteiger partial charge in [0.05, 0.1) is 36.9 Å². The molecule has 3 heterocycles. The normalized spacial score (nSPS) is 18.0. The van der Waals surface area contributed by atoms with Gasteiger partial charge in [-0.25, -0.2) is 28.9 Å². The average Bonchev–Trinajstić information content (AvgIpc) is 4.04. The fourth-order valence-electron chi connectivity index (χ4n) is 9.01. The van der Waals surface area contributed by atoms with E-state index in [-0.39, 0.29) is 50.7 Å². The summed E-state index contributed by atoms with van der Waals surface area (Å²) in [6, 6.07) is 22.3. The standard InChI is InChI=1S/C27H30F3N3O7.C26H28F3N3O6/c1-16-13-22(11-12-23(16)38-15-25(35)36)37-14-24-31-26(18-3-7-21(8-4-18)40-27(28,29)30)33(32-24)19-5-9-20(10-6-19)39-17(2)34;1-16-11-21(8-9-23(16)37-15-25(33)34)36-14-18-12-22(17-3-6-20(7-4-17)38-26(27,28)29)32(31-18)19-5-10-24(35-2)30-13-19/h5-6,9-13,17-18,21,34H,3-4,7-8,14-15H2,1-2H3,(H,35,36);5,8-13,17,20H,3-4,6-7,14-15H2,1-2H3,(H,33,34). The average molecular weight is 1100 g/mol. The topological polar surface area (TPSA) is 230 Å². The summed E-state index contributed by atoms with van der Waals surface area (Å²) < 4.78 is 121. The number of aliphatic hydroxyl groups excluding tert-OH is 1. The number of ether oxygens (including phenoxy) is 8. The Balaban J connectivity index is 0.000000226. The number of methoxy groups -OCH3 is 1. The fraction of sp³-hybridized carbons (Fsp3) is 0.434. The largest absolute Gasteiger partial charge is 0.522 e. The summed E-state index contributed by atoms with van der Waals surface area (Å²) in [6.45, 7) is 4.31. The third-order valence-electron chi connectivity index (χ3n) is 12.5. The number of benzene rings is 3. The number of carboxylic acids is 2. The minimum absolute atomic E-state index is 0.0145. The number of aliphatic carboxylic acids is 2. The van der Waals surface area contributed by atoms with E-state index >= 15 is 0 Å². The van der Waals surface area contributed by atoms with Crippen LogP contribution in [-0.2, 0) is 32.3 Å². The van der Waals surface area contributed by atoms with Crippen molar-refractivity contribution in [3.63, 3.8) is 0 Å². The molecule has 6 aromatic rings. The first-order chi connectivity index (χ1) is 37.1. The number of hydrogen-bond acceptors (Lipinski definition) is 15. The minimum atomic E-state index is -4.67. The van der Waals surface area contributed by atoms with Crippen LogP contribution in [0.1, 0.15) is 104 Å². The van der Waals surface area contributed by atoms with Gasteiger partial charge in [-0.05, 0) is 156 Å². The van der Waals surface area contributed by atoms with Crippen LogP contribution in [-0.4, -0.2) is 108 Å². The van der Waals surface area contributed by atoms with Crippen molar-refractivity contribution in [1.82, 2.24) is 29.5 Å². The van der Waals surface area contributed by atoms with E-state index in [4.69, 9.17) is 43.7 Å². The van der Waals surface area contributed by atoms with E-state index in [1.54, 1.807) is 96.1 Å². The molecule has 0 bridgehead atoms. The minimum Gasteiger partial charge on any atom is -0.487 e. The number of alkyl halides is 6. The van der Waals surface area contributed by atoms with E-state index in [1.807, 2.05) is 12.1 Å². The van der Waals surface area contributed by atoms with Crippen molar-refractivity contribution in [2.24, 2.45) is 0 Å². The van der Waals surface area contributed by atoms with Gasteiger partial charge in [0.25, 0.3) is 0 Å². The van der Waals surface area contributed by atoms with Gasteiger partial charge < -0.3 is 43.7 Å². The molecule has 1 unspecified atom stereocenters.